The molecule has 0 unspecified atom stereocenters. The second-order valence-electron chi connectivity index (χ2n) is 7.53. The Balaban J connectivity index is 1.52. The van der Waals surface area contributed by atoms with Crippen LogP contribution in [0.5, 0.6) is 0 Å². The average Bonchev–Trinajstić information content (AvgIpc) is 3.21. The fourth-order valence-electron chi connectivity index (χ4n) is 3.76. The molecule has 0 aromatic heterocycles. The number of hydrogen-bond donors (Lipinski definition) is 3. The topological polar surface area (TPSA) is 107 Å². The van der Waals surface area contributed by atoms with Crippen LogP contribution < -0.4 is 5.32 Å². The lowest BCUT2D eigenvalue weighted by atomic mass is 9.91. The van der Waals surface area contributed by atoms with Crippen molar-refractivity contribution in [2.45, 2.75) is 50.7 Å². The Hall–Kier alpha value is -2.41. The normalized spacial score (nSPS) is 19.7. The summed E-state index contributed by atoms with van der Waals surface area (Å²) in [5, 5.41) is 22.0. The molecule has 1 aromatic carbocycles. The van der Waals surface area contributed by atoms with E-state index in [-0.39, 0.29) is 43.7 Å². The van der Waals surface area contributed by atoms with Crippen molar-refractivity contribution in [3.8, 4) is 0 Å². The molecule has 1 heterocycles. The lowest BCUT2D eigenvalue weighted by molar-refractivity contribution is -0.162. The molecule has 2 fully saturated rings. The van der Waals surface area contributed by atoms with Gasteiger partial charge in [0.05, 0.1) is 0 Å². The minimum absolute atomic E-state index is 0.0271. The van der Waals surface area contributed by atoms with Gasteiger partial charge in [-0.15, -0.1) is 0 Å². The van der Waals surface area contributed by atoms with Crippen molar-refractivity contribution in [3.63, 3.8) is 0 Å². The second kappa shape index (κ2) is 8.08. The molecule has 1 aliphatic carbocycles. The Labute approximate surface area is 158 Å². The number of nitrogens with zero attached hydrogens (tertiary/aromatic N) is 1. The lowest BCUT2D eigenvalue weighted by Crippen LogP contribution is -2.50. The zero-order valence-electron chi connectivity index (χ0n) is 15.3. The first-order valence-electron chi connectivity index (χ1n) is 9.51. The largest absolute Gasteiger partial charge is 0.479 e. The quantitative estimate of drug-likeness (QED) is 0.725. The second-order valence-corrected chi connectivity index (χ2v) is 7.53. The van der Waals surface area contributed by atoms with E-state index in [9.17, 15) is 19.5 Å². The molecule has 1 aliphatic heterocycles. The monoisotopic (exact) mass is 374 g/mol. The first-order chi connectivity index (χ1) is 12.9. The van der Waals surface area contributed by atoms with Gasteiger partial charge in [0, 0.05) is 44.0 Å². The third kappa shape index (κ3) is 4.47. The van der Waals surface area contributed by atoms with E-state index < -0.39 is 11.6 Å². The van der Waals surface area contributed by atoms with Crippen molar-refractivity contribution in [2.75, 3.05) is 13.1 Å². The fourth-order valence-corrected chi connectivity index (χ4v) is 3.76. The molecule has 2 aliphatic rings. The molecule has 2 amide bonds. The van der Waals surface area contributed by atoms with Crippen molar-refractivity contribution in [1.82, 2.24) is 10.2 Å². The smallest absolute Gasteiger partial charge is 0.335 e. The van der Waals surface area contributed by atoms with Crippen molar-refractivity contribution in [1.29, 1.82) is 0 Å². The first kappa shape index (κ1) is 19.4. The predicted molar refractivity (Wildman–Crippen MR) is 98.0 cm³/mol. The van der Waals surface area contributed by atoms with Gasteiger partial charge in [-0.1, -0.05) is 25.0 Å². The number of rotatable bonds is 5. The van der Waals surface area contributed by atoms with E-state index in [2.05, 4.69) is 5.32 Å². The van der Waals surface area contributed by atoms with E-state index >= 15 is 0 Å². The summed E-state index contributed by atoms with van der Waals surface area (Å²) in [7, 11) is 0. The number of amides is 2. The summed E-state index contributed by atoms with van der Waals surface area (Å²) >= 11 is 0. The average molecular weight is 374 g/mol. The molecule has 146 valence electrons. The van der Waals surface area contributed by atoms with Crippen LogP contribution in [0.2, 0.25) is 0 Å². The number of carboxylic acids is 1. The third-order valence-electron chi connectivity index (χ3n) is 5.67. The number of carbonyl (C=O) groups is 3. The highest BCUT2D eigenvalue weighted by atomic mass is 16.4. The number of benzene rings is 1. The van der Waals surface area contributed by atoms with Gasteiger partial charge in [0.15, 0.2) is 5.60 Å². The molecule has 7 heteroatoms. The van der Waals surface area contributed by atoms with Gasteiger partial charge in [-0.25, -0.2) is 4.79 Å². The van der Waals surface area contributed by atoms with E-state index in [0.29, 0.717) is 12.1 Å². The zero-order chi connectivity index (χ0) is 19.4. The Morgan fingerprint density at radius 1 is 1.07 bits per heavy atom. The van der Waals surface area contributed by atoms with Gasteiger partial charge >= 0.3 is 5.97 Å². The van der Waals surface area contributed by atoms with E-state index in [1.54, 1.807) is 17.0 Å². The van der Waals surface area contributed by atoms with Crippen LogP contribution in [0, 0.1) is 5.92 Å². The molecular weight excluding hydrogens is 348 g/mol. The van der Waals surface area contributed by atoms with Crippen LogP contribution in [0.1, 0.15) is 54.4 Å². The maximum Gasteiger partial charge on any atom is 0.335 e. The Morgan fingerprint density at radius 3 is 2.22 bits per heavy atom. The minimum Gasteiger partial charge on any atom is -0.479 e. The van der Waals surface area contributed by atoms with Crippen LogP contribution in [-0.4, -0.2) is 51.6 Å². The summed E-state index contributed by atoms with van der Waals surface area (Å²) < 4.78 is 0. The number of aliphatic hydroxyl groups is 1. The van der Waals surface area contributed by atoms with Crippen LogP contribution in [0.4, 0.5) is 0 Å². The van der Waals surface area contributed by atoms with Crippen molar-refractivity contribution in [3.05, 3.63) is 35.4 Å². The van der Waals surface area contributed by atoms with Gasteiger partial charge in [-0.3, -0.25) is 9.59 Å². The maximum absolute atomic E-state index is 12.6. The summed E-state index contributed by atoms with van der Waals surface area (Å²) in [6, 6.07) is 7.08. The SMILES string of the molecule is O=C(NCc1ccc(C(=O)N2CCC(O)(C(=O)O)CC2)cc1)C1CCCC1. The van der Waals surface area contributed by atoms with Gasteiger partial charge in [0.25, 0.3) is 5.91 Å². The maximum atomic E-state index is 12.6. The van der Waals surface area contributed by atoms with Crippen LogP contribution in [0.25, 0.3) is 0 Å². The molecule has 0 radical (unpaired) electrons. The van der Waals surface area contributed by atoms with E-state index in [1.165, 1.54) is 0 Å². The van der Waals surface area contributed by atoms with E-state index in [0.717, 1.165) is 31.2 Å². The van der Waals surface area contributed by atoms with Crippen LogP contribution >= 0.6 is 0 Å². The summed E-state index contributed by atoms with van der Waals surface area (Å²) in [5.74, 6) is -1.18. The molecule has 0 spiro atoms. The van der Waals surface area contributed by atoms with Crippen LogP contribution in [0.3, 0.4) is 0 Å². The highest BCUT2D eigenvalue weighted by Gasteiger charge is 2.40. The van der Waals surface area contributed by atoms with Gasteiger partial charge in [-0.05, 0) is 30.5 Å². The molecule has 1 saturated heterocycles. The molecular formula is C20H26N2O5. The summed E-state index contributed by atoms with van der Waals surface area (Å²) in [4.78, 5) is 37.3. The number of piperidine rings is 1. The molecule has 1 saturated carbocycles. The lowest BCUT2D eigenvalue weighted by Gasteiger charge is -2.35. The third-order valence-corrected chi connectivity index (χ3v) is 5.67. The standard InChI is InChI=1S/C20H26N2O5/c23-17(15-3-1-2-4-15)21-13-14-5-7-16(8-6-14)18(24)22-11-9-20(27,10-12-22)19(25)26/h5-8,15,27H,1-4,9-13H2,(H,21,23)(H,25,26). The summed E-state index contributed by atoms with van der Waals surface area (Å²) in [6.45, 7) is 0.862. The van der Waals surface area contributed by atoms with Crippen molar-refractivity contribution >= 4 is 17.8 Å². The van der Waals surface area contributed by atoms with Gasteiger partial charge < -0.3 is 20.4 Å². The fraction of sp³-hybridized carbons (Fsp3) is 0.550. The number of likely N-dealkylation sites (tertiary alicyclic amines) is 1. The Bertz CT molecular complexity index is 702. The molecule has 0 bridgehead atoms. The molecule has 27 heavy (non-hydrogen) atoms. The van der Waals surface area contributed by atoms with Crippen LogP contribution in [-0.2, 0) is 16.1 Å². The van der Waals surface area contributed by atoms with Gasteiger partial charge in [0.1, 0.15) is 0 Å². The molecule has 3 rings (SSSR count). The number of carboxylic acid groups (broad SMARTS) is 1. The van der Waals surface area contributed by atoms with E-state index in [4.69, 9.17) is 5.11 Å². The number of carbonyl (C=O) groups excluding carboxylic acids is 2. The zero-order valence-corrected chi connectivity index (χ0v) is 15.3. The van der Waals surface area contributed by atoms with E-state index in [1.807, 2.05) is 12.1 Å². The highest BCUT2D eigenvalue weighted by Crippen LogP contribution is 2.25. The summed E-state index contributed by atoms with van der Waals surface area (Å²) in [6.07, 6.45) is 4.22. The van der Waals surface area contributed by atoms with Gasteiger partial charge in [-0.2, -0.15) is 0 Å². The molecule has 3 N–H and O–H groups in total. The van der Waals surface area contributed by atoms with Crippen LogP contribution in [0.15, 0.2) is 24.3 Å². The number of hydrogen-bond acceptors (Lipinski definition) is 4. The summed E-state index contributed by atoms with van der Waals surface area (Å²) in [5.41, 5.74) is -0.295. The molecule has 0 atom stereocenters. The minimum atomic E-state index is -1.74. The van der Waals surface area contributed by atoms with Gasteiger partial charge in [0.2, 0.25) is 5.91 Å². The number of aliphatic carboxylic acids is 1. The highest BCUT2D eigenvalue weighted by molar-refractivity contribution is 5.94. The molecule has 1 aromatic rings. The molecule has 7 nitrogen and oxygen atoms in total. The first-order valence-corrected chi connectivity index (χ1v) is 9.51. The van der Waals surface area contributed by atoms with Crippen molar-refractivity contribution in [2.24, 2.45) is 5.92 Å². The van der Waals surface area contributed by atoms with Crippen molar-refractivity contribution < 1.29 is 24.6 Å². The number of nitrogens with one attached hydrogen (secondary N) is 1. The Kier molecular flexibility index (Phi) is 5.79. The predicted octanol–water partition coefficient (Wildman–Crippen LogP) is 1.54. The Morgan fingerprint density at radius 2 is 1.67 bits per heavy atom.